The average Bonchev–Trinajstić information content (AvgIpc) is 2.68. The van der Waals surface area contributed by atoms with Crippen LogP contribution in [0.1, 0.15) is 17.5 Å². The molecule has 134 valence electrons. The summed E-state index contributed by atoms with van der Waals surface area (Å²) in [6.45, 7) is 1.59. The summed E-state index contributed by atoms with van der Waals surface area (Å²) < 4.78 is 10.3. The monoisotopic (exact) mass is 341 g/mol. The van der Waals surface area contributed by atoms with Crippen LogP contribution in [0.3, 0.4) is 0 Å². The van der Waals surface area contributed by atoms with E-state index in [-0.39, 0.29) is 0 Å². The van der Waals surface area contributed by atoms with Gasteiger partial charge in [-0.2, -0.15) is 0 Å². The van der Waals surface area contributed by atoms with Gasteiger partial charge in [0.1, 0.15) is 11.5 Å². The number of methoxy groups -OCH3 is 2. The van der Waals surface area contributed by atoms with Crippen LogP contribution in [-0.4, -0.2) is 33.8 Å². The fraction of sp³-hybridized carbons (Fsp3) is 0.350. The van der Waals surface area contributed by atoms with Gasteiger partial charge in [-0.3, -0.25) is 4.99 Å². The Labute approximate surface area is 150 Å². The lowest BCUT2D eigenvalue weighted by Gasteiger charge is -2.12. The Kier molecular flexibility index (Phi) is 7.63. The molecule has 25 heavy (non-hydrogen) atoms. The highest BCUT2D eigenvalue weighted by molar-refractivity contribution is 5.79. The molecule has 0 aliphatic rings. The maximum absolute atomic E-state index is 5.17. The first kappa shape index (κ1) is 18.6. The van der Waals surface area contributed by atoms with Crippen molar-refractivity contribution >= 4 is 5.96 Å². The molecule has 0 radical (unpaired) electrons. The second kappa shape index (κ2) is 10.2. The van der Waals surface area contributed by atoms with Crippen LogP contribution < -0.4 is 20.1 Å². The van der Waals surface area contributed by atoms with Gasteiger partial charge in [-0.1, -0.05) is 24.3 Å². The largest absolute Gasteiger partial charge is 0.497 e. The van der Waals surface area contributed by atoms with Crippen LogP contribution in [0.15, 0.2) is 53.5 Å². The van der Waals surface area contributed by atoms with Crippen molar-refractivity contribution in [3.63, 3.8) is 0 Å². The summed E-state index contributed by atoms with van der Waals surface area (Å²) in [5, 5.41) is 6.66. The summed E-state index contributed by atoms with van der Waals surface area (Å²) in [6.07, 6.45) is 2.06. The molecule has 0 atom stereocenters. The molecule has 5 heteroatoms. The normalized spacial score (nSPS) is 11.1. The van der Waals surface area contributed by atoms with Crippen LogP contribution in [-0.2, 0) is 13.0 Å². The molecular formula is C20H27N3O2. The number of hydrogen-bond donors (Lipinski definition) is 2. The predicted octanol–water partition coefficient (Wildman–Crippen LogP) is 3.00. The van der Waals surface area contributed by atoms with Gasteiger partial charge < -0.3 is 20.1 Å². The van der Waals surface area contributed by atoms with Gasteiger partial charge in [0.05, 0.1) is 14.2 Å². The number of ether oxygens (including phenoxy) is 2. The molecule has 0 bridgehead atoms. The minimum atomic E-state index is 0.724. The third-order valence-electron chi connectivity index (χ3n) is 3.94. The van der Waals surface area contributed by atoms with E-state index >= 15 is 0 Å². The Morgan fingerprint density at radius 1 is 0.840 bits per heavy atom. The van der Waals surface area contributed by atoms with E-state index in [0.717, 1.165) is 43.4 Å². The Morgan fingerprint density at radius 3 is 1.92 bits per heavy atom. The zero-order valence-corrected chi connectivity index (χ0v) is 15.2. The summed E-state index contributed by atoms with van der Waals surface area (Å²) >= 11 is 0. The predicted molar refractivity (Wildman–Crippen MR) is 103 cm³/mol. The highest BCUT2D eigenvalue weighted by atomic mass is 16.5. The number of guanidine groups is 1. The van der Waals surface area contributed by atoms with Crippen LogP contribution in [0.4, 0.5) is 0 Å². The molecule has 5 nitrogen and oxygen atoms in total. The second-order valence-corrected chi connectivity index (χ2v) is 5.65. The lowest BCUT2D eigenvalue weighted by atomic mass is 10.1. The number of rotatable bonds is 8. The van der Waals surface area contributed by atoms with Gasteiger partial charge in [0.25, 0.3) is 0 Å². The van der Waals surface area contributed by atoms with E-state index in [1.807, 2.05) is 36.4 Å². The van der Waals surface area contributed by atoms with E-state index in [4.69, 9.17) is 9.47 Å². The number of benzene rings is 2. The van der Waals surface area contributed by atoms with Crippen molar-refractivity contribution < 1.29 is 9.47 Å². The van der Waals surface area contributed by atoms with Gasteiger partial charge in [0.15, 0.2) is 5.96 Å². The smallest absolute Gasteiger partial charge is 0.191 e. The lowest BCUT2D eigenvalue weighted by molar-refractivity contribution is 0.414. The first-order valence-electron chi connectivity index (χ1n) is 8.45. The Bertz CT molecular complexity index is 652. The molecule has 0 fully saturated rings. The van der Waals surface area contributed by atoms with Crippen molar-refractivity contribution in [2.45, 2.75) is 19.4 Å². The molecule has 2 aromatic carbocycles. The highest BCUT2D eigenvalue weighted by Crippen LogP contribution is 2.12. The van der Waals surface area contributed by atoms with Crippen LogP contribution in [0.2, 0.25) is 0 Å². The maximum atomic E-state index is 5.17. The van der Waals surface area contributed by atoms with Gasteiger partial charge in [0.2, 0.25) is 0 Å². The number of aryl methyl sites for hydroxylation is 1. The van der Waals surface area contributed by atoms with E-state index in [0.29, 0.717) is 0 Å². The van der Waals surface area contributed by atoms with Gasteiger partial charge in [-0.05, 0) is 48.2 Å². The van der Waals surface area contributed by atoms with Gasteiger partial charge in [-0.25, -0.2) is 0 Å². The van der Waals surface area contributed by atoms with E-state index in [9.17, 15) is 0 Å². The van der Waals surface area contributed by atoms with Crippen LogP contribution in [0, 0.1) is 0 Å². The Morgan fingerprint density at radius 2 is 1.40 bits per heavy atom. The molecule has 0 heterocycles. The summed E-state index contributed by atoms with van der Waals surface area (Å²) in [6, 6.07) is 16.2. The molecule has 0 aliphatic heterocycles. The Balaban J connectivity index is 1.68. The van der Waals surface area contributed by atoms with Crippen molar-refractivity contribution in [1.29, 1.82) is 0 Å². The fourth-order valence-corrected chi connectivity index (χ4v) is 2.44. The van der Waals surface area contributed by atoms with Crippen LogP contribution >= 0.6 is 0 Å². The molecule has 2 N–H and O–H groups in total. The number of nitrogens with one attached hydrogen (secondary N) is 2. The zero-order chi connectivity index (χ0) is 17.9. The third-order valence-corrected chi connectivity index (χ3v) is 3.94. The van der Waals surface area contributed by atoms with Crippen molar-refractivity contribution in [3.05, 3.63) is 59.7 Å². The summed E-state index contributed by atoms with van der Waals surface area (Å²) in [4.78, 5) is 4.26. The topological polar surface area (TPSA) is 54.9 Å². The molecule has 0 saturated heterocycles. The molecule has 2 rings (SSSR count). The average molecular weight is 341 g/mol. The molecule has 0 aliphatic carbocycles. The van der Waals surface area contributed by atoms with Crippen molar-refractivity contribution in [2.24, 2.45) is 4.99 Å². The number of nitrogens with zero attached hydrogens (tertiary/aromatic N) is 1. The minimum Gasteiger partial charge on any atom is -0.497 e. The highest BCUT2D eigenvalue weighted by Gasteiger charge is 2.00. The van der Waals surface area contributed by atoms with Gasteiger partial charge in [-0.15, -0.1) is 0 Å². The minimum absolute atomic E-state index is 0.724. The molecule has 0 amide bonds. The van der Waals surface area contributed by atoms with Gasteiger partial charge in [0, 0.05) is 20.1 Å². The zero-order valence-electron chi connectivity index (χ0n) is 15.2. The summed E-state index contributed by atoms with van der Waals surface area (Å²) in [5.41, 5.74) is 2.49. The van der Waals surface area contributed by atoms with Gasteiger partial charge >= 0.3 is 0 Å². The lowest BCUT2D eigenvalue weighted by Crippen LogP contribution is -2.37. The van der Waals surface area contributed by atoms with Crippen molar-refractivity contribution in [1.82, 2.24) is 10.6 Å². The number of aliphatic imine (C=N–C) groups is 1. The van der Waals surface area contributed by atoms with E-state index in [2.05, 4.69) is 27.8 Å². The van der Waals surface area contributed by atoms with E-state index < -0.39 is 0 Å². The first-order chi connectivity index (χ1) is 12.2. The fourth-order valence-electron chi connectivity index (χ4n) is 2.44. The standard InChI is InChI=1S/C20H27N3O2/c1-21-20(23-15-17-8-12-19(25-3)13-9-17)22-14-4-5-16-6-10-18(24-2)11-7-16/h6-13H,4-5,14-15H2,1-3H3,(H2,21,22,23). The molecule has 0 unspecified atom stereocenters. The van der Waals surface area contributed by atoms with E-state index in [1.54, 1.807) is 21.3 Å². The molecule has 0 spiro atoms. The molecular weight excluding hydrogens is 314 g/mol. The van der Waals surface area contributed by atoms with Crippen LogP contribution in [0.5, 0.6) is 11.5 Å². The summed E-state index contributed by atoms with van der Waals surface area (Å²) in [5.74, 6) is 2.57. The maximum Gasteiger partial charge on any atom is 0.191 e. The third kappa shape index (κ3) is 6.37. The Hall–Kier alpha value is -2.69. The van der Waals surface area contributed by atoms with Crippen LogP contribution in [0.25, 0.3) is 0 Å². The molecule has 2 aromatic rings. The van der Waals surface area contributed by atoms with Crippen molar-refractivity contribution in [2.75, 3.05) is 27.8 Å². The molecule has 0 saturated carbocycles. The SMILES string of the molecule is CN=C(NCCCc1ccc(OC)cc1)NCc1ccc(OC)cc1. The second-order valence-electron chi connectivity index (χ2n) is 5.65. The number of hydrogen-bond acceptors (Lipinski definition) is 3. The quantitative estimate of drug-likeness (QED) is 0.440. The first-order valence-corrected chi connectivity index (χ1v) is 8.45. The van der Waals surface area contributed by atoms with E-state index in [1.165, 1.54) is 11.1 Å². The summed E-state index contributed by atoms with van der Waals surface area (Å²) in [7, 11) is 5.14. The molecule has 0 aromatic heterocycles. The van der Waals surface area contributed by atoms with Crippen molar-refractivity contribution in [3.8, 4) is 11.5 Å².